The van der Waals surface area contributed by atoms with E-state index < -0.39 is 0 Å². The molecule has 4 heteroatoms. The predicted molar refractivity (Wildman–Crippen MR) is 83.7 cm³/mol. The second kappa shape index (κ2) is 5.81. The predicted octanol–water partition coefficient (Wildman–Crippen LogP) is 2.23. The second-order valence-corrected chi connectivity index (χ2v) is 6.43. The molecule has 0 amide bonds. The third kappa shape index (κ3) is 3.12. The maximum Gasteiger partial charge on any atom is 0.0511 e. The molecule has 0 spiro atoms. The summed E-state index contributed by atoms with van der Waals surface area (Å²) in [5, 5.41) is 0. The van der Waals surface area contributed by atoms with E-state index in [1.165, 1.54) is 41.7 Å². The molecule has 1 saturated heterocycles. The van der Waals surface area contributed by atoms with Crippen LogP contribution in [0.15, 0.2) is 22.7 Å². The molecule has 0 bridgehead atoms. The fourth-order valence-corrected chi connectivity index (χ4v) is 3.57. The molecule has 19 heavy (non-hydrogen) atoms. The maximum atomic E-state index is 5.61. The van der Waals surface area contributed by atoms with Crippen molar-refractivity contribution in [3.63, 3.8) is 0 Å². The fraction of sp³-hybridized carbons (Fsp3) is 0.600. The molecule has 2 fully saturated rings. The molecule has 0 atom stereocenters. The van der Waals surface area contributed by atoms with Crippen LogP contribution in [0.3, 0.4) is 0 Å². The first kappa shape index (κ1) is 13.4. The molecule has 0 radical (unpaired) electrons. The standard InChI is InChI=1S/C15H22BrN3/c16-14-11-12(5-6-17)1-4-15(14)19-9-7-18(8-10-19)13-2-3-13/h1,4,11,13H,2-3,5-10,17H2. The zero-order valence-corrected chi connectivity index (χ0v) is 12.9. The molecule has 3 rings (SSSR count). The smallest absolute Gasteiger partial charge is 0.0511 e. The molecule has 1 aromatic rings. The number of rotatable bonds is 4. The SMILES string of the molecule is NCCc1ccc(N2CCN(C3CC3)CC2)c(Br)c1. The Morgan fingerprint density at radius 2 is 1.89 bits per heavy atom. The van der Waals surface area contributed by atoms with Gasteiger partial charge in [0.1, 0.15) is 0 Å². The first-order chi connectivity index (χ1) is 9.28. The van der Waals surface area contributed by atoms with Crippen molar-refractivity contribution in [1.29, 1.82) is 0 Å². The van der Waals surface area contributed by atoms with Crippen LogP contribution in [0.4, 0.5) is 5.69 Å². The monoisotopic (exact) mass is 323 g/mol. The highest BCUT2D eigenvalue weighted by atomic mass is 79.9. The number of hydrogen-bond acceptors (Lipinski definition) is 3. The Morgan fingerprint density at radius 3 is 2.47 bits per heavy atom. The van der Waals surface area contributed by atoms with Crippen molar-refractivity contribution < 1.29 is 0 Å². The average Bonchev–Trinajstić information content (AvgIpc) is 3.24. The van der Waals surface area contributed by atoms with Gasteiger partial charge >= 0.3 is 0 Å². The van der Waals surface area contributed by atoms with Gasteiger partial charge in [-0.2, -0.15) is 0 Å². The summed E-state index contributed by atoms with van der Waals surface area (Å²) in [4.78, 5) is 5.14. The Kier molecular flexibility index (Phi) is 4.10. The molecule has 0 aromatic heterocycles. The summed E-state index contributed by atoms with van der Waals surface area (Å²) in [5.41, 5.74) is 8.25. The third-order valence-electron chi connectivity index (χ3n) is 4.16. The minimum atomic E-state index is 0.714. The number of halogens is 1. The van der Waals surface area contributed by atoms with Crippen LogP contribution in [0.5, 0.6) is 0 Å². The van der Waals surface area contributed by atoms with Crippen molar-refractivity contribution in [3.05, 3.63) is 28.2 Å². The summed E-state index contributed by atoms with van der Waals surface area (Å²) in [6, 6.07) is 7.56. The Labute approximate surface area is 123 Å². The molecule has 0 unspecified atom stereocenters. The van der Waals surface area contributed by atoms with Gasteiger partial charge < -0.3 is 10.6 Å². The highest BCUT2D eigenvalue weighted by molar-refractivity contribution is 9.10. The number of anilines is 1. The summed E-state index contributed by atoms with van der Waals surface area (Å²) < 4.78 is 1.21. The van der Waals surface area contributed by atoms with Crippen LogP contribution < -0.4 is 10.6 Å². The molecule has 3 nitrogen and oxygen atoms in total. The van der Waals surface area contributed by atoms with Crippen molar-refractivity contribution >= 4 is 21.6 Å². The van der Waals surface area contributed by atoms with Crippen molar-refractivity contribution in [2.45, 2.75) is 25.3 Å². The normalized spacial score (nSPS) is 20.8. The number of nitrogens with zero attached hydrogens (tertiary/aromatic N) is 2. The minimum absolute atomic E-state index is 0.714. The van der Waals surface area contributed by atoms with Gasteiger partial charge in [0.2, 0.25) is 0 Å². The Balaban J connectivity index is 1.65. The topological polar surface area (TPSA) is 32.5 Å². The summed E-state index contributed by atoms with van der Waals surface area (Å²) in [6.45, 7) is 5.42. The van der Waals surface area contributed by atoms with Crippen LogP contribution in [0.25, 0.3) is 0 Å². The molecule has 1 aliphatic heterocycles. The van der Waals surface area contributed by atoms with E-state index in [-0.39, 0.29) is 0 Å². The Bertz CT molecular complexity index is 437. The molecule has 1 aromatic carbocycles. The molecule has 1 aliphatic carbocycles. The Morgan fingerprint density at radius 1 is 1.16 bits per heavy atom. The van der Waals surface area contributed by atoms with Crippen molar-refractivity contribution in [1.82, 2.24) is 4.90 Å². The lowest BCUT2D eigenvalue weighted by Crippen LogP contribution is -2.47. The van der Waals surface area contributed by atoms with Gasteiger partial charge in [-0.25, -0.2) is 0 Å². The summed E-state index contributed by atoms with van der Waals surface area (Å²) in [5.74, 6) is 0. The van der Waals surface area contributed by atoms with Crippen LogP contribution in [-0.4, -0.2) is 43.7 Å². The first-order valence-corrected chi connectivity index (χ1v) is 8.05. The van der Waals surface area contributed by atoms with Crippen molar-refractivity contribution in [2.75, 3.05) is 37.6 Å². The van der Waals surface area contributed by atoms with Gasteiger partial charge in [-0.15, -0.1) is 0 Å². The summed E-state index contributed by atoms with van der Waals surface area (Å²) in [6.07, 6.45) is 3.78. The molecular formula is C15H22BrN3. The van der Waals surface area contributed by atoms with Crippen molar-refractivity contribution in [3.8, 4) is 0 Å². The molecule has 1 heterocycles. The second-order valence-electron chi connectivity index (χ2n) is 5.58. The zero-order chi connectivity index (χ0) is 13.2. The largest absolute Gasteiger partial charge is 0.368 e. The fourth-order valence-electron chi connectivity index (χ4n) is 2.90. The zero-order valence-electron chi connectivity index (χ0n) is 11.3. The molecule has 1 saturated carbocycles. The third-order valence-corrected chi connectivity index (χ3v) is 4.80. The van der Waals surface area contributed by atoms with E-state index in [1.807, 2.05) is 0 Å². The lowest BCUT2D eigenvalue weighted by Gasteiger charge is -2.36. The molecular weight excluding hydrogens is 302 g/mol. The number of hydrogen-bond donors (Lipinski definition) is 1. The Hall–Kier alpha value is -0.580. The highest BCUT2D eigenvalue weighted by Gasteiger charge is 2.31. The first-order valence-electron chi connectivity index (χ1n) is 7.25. The average molecular weight is 324 g/mol. The lowest BCUT2D eigenvalue weighted by molar-refractivity contribution is 0.248. The van der Waals surface area contributed by atoms with Crippen LogP contribution in [0.1, 0.15) is 18.4 Å². The summed E-state index contributed by atoms with van der Waals surface area (Å²) >= 11 is 3.71. The number of piperazine rings is 1. The lowest BCUT2D eigenvalue weighted by atomic mass is 10.1. The summed E-state index contributed by atoms with van der Waals surface area (Å²) in [7, 11) is 0. The van der Waals surface area contributed by atoms with Gasteiger partial charge in [0.15, 0.2) is 0 Å². The number of nitrogens with two attached hydrogens (primary N) is 1. The van der Waals surface area contributed by atoms with Gasteiger partial charge in [-0.05, 0) is 59.4 Å². The maximum absolute atomic E-state index is 5.61. The van der Waals surface area contributed by atoms with E-state index in [0.717, 1.165) is 25.6 Å². The van der Waals surface area contributed by atoms with E-state index in [2.05, 4.69) is 43.9 Å². The van der Waals surface area contributed by atoms with Crippen LogP contribution in [-0.2, 0) is 6.42 Å². The van der Waals surface area contributed by atoms with E-state index in [0.29, 0.717) is 6.54 Å². The van der Waals surface area contributed by atoms with Crippen molar-refractivity contribution in [2.24, 2.45) is 5.73 Å². The van der Waals surface area contributed by atoms with Crippen LogP contribution in [0.2, 0.25) is 0 Å². The molecule has 2 aliphatic rings. The number of benzene rings is 1. The van der Waals surface area contributed by atoms with Gasteiger partial charge in [-0.1, -0.05) is 6.07 Å². The van der Waals surface area contributed by atoms with Crippen LogP contribution >= 0.6 is 15.9 Å². The molecule has 2 N–H and O–H groups in total. The minimum Gasteiger partial charge on any atom is -0.368 e. The molecule has 104 valence electrons. The van der Waals surface area contributed by atoms with Gasteiger partial charge in [-0.3, -0.25) is 4.90 Å². The quantitative estimate of drug-likeness (QED) is 0.922. The van der Waals surface area contributed by atoms with Gasteiger partial charge in [0.25, 0.3) is 0 Å². The van der Waals surface area contributed by atoms with E-state index in [4.69, 9.17) is 5.73 Å². The van der Waals surface area contributed by atoms with E-state index in [9.17, 15) is 0 Å². The van der Waals surface area contributed by atoms with Gasteiger partial charge in [0.05, 0.1) is 5.69 Å². The van der Waals surface area contributed by atoms with E-state index >= 15 is 0 Å². The van der Waals surface area contributed by atoms with Crippen LogP contribution in [0, 0.1) is 0 Å². The van der Waals surface area contributed by atoms with Gasteiger partial charge in [0, 0.05) is 36.7 Å². The highest BCUT2D eigenvalue weighted by Crippen LogP contribution is 2.31. The van der Waals surface area contributed by atoms with E-state index in [1.54, 1.807) is 0 Å².